The number of rotatable bonds is 3. The zero-order valence-electron chi connectivity index (χ0n) is 10.2. The van der Waals surface area contributed by atoms with Gasteiger partial charge in [-0.1, -0.05) is 37.6 Å². The molecule has 0 aliphatic carbocycles. The van der Waals surface area contributed by atoms with E-state index >= 15 is 0 Å². The predicted molar refractivity (Wildman–Crippen MR) is 57.8 cm³/mol. The van der Waals surface area contributed by atoms with Crippen LogP contribution in [0.2, 0.25) is 5.02 Å². The summed E-state index contributed by atoms with van der Waals surface area (Å²) in [4.78, 5) is 11.0. The fourth-order valence-corrected chi connectivity index (χ4v) is 1.61. The van der Waals surface area contributed by atoms with E-state index in [-0.39, 0.29) is 36.9 Å². The number of hydrogen-bond donors (Lipinski definition) is 1. The van der Waals surface area contributed by atoms with E-state index in [1.807, 2.05) is 13.8 Å². The molecule has 0 aromatic heterocycles. The minimum absolute atomic E-state index is 0. The van der Waals surface area contributed by atoms with Gasteiger partial charge in [0.1, 0.15) is 0 Å². The first kappa shape index (κ1) is 15.0. The quantitative estimate of drug-likeness (QED) is 0.766. The Morgan fingerprint density at radius 1 is 1.33 bits per heavy atom. The largest absolute Gasteiger partial charge is 1.00 e. The van der Waals surface area contributed by atoms with Crippen molar-refractivity contribution in [3.63, 3.8) is 0 Å². The van der Waals surface area contributed by atoms with Crippen LogP contribution in [0.15, 0.2) is 24.3 Å². The maximum absolute atomic E-state index is 11.0. The minimum Gasteiger partial charge on any atom is -1.00 e. The van der Waals surface area contributed by atoms with Gasteiger partial charge in [-0.15, -0.1) is 0 Å². The second-order valence-electron chi connectivity index (χ2n) is 3.61. The number of carboxylic acid groups (broad SMARTS) is 1. The van der Waals surface area contributed by atoms with E-state index in [1.165, 1.54) is 0 Å². The Morgan fingerprint density at radius 3 is 2.13 bits per heavy atom. The molecule has 0 fully saturated rings. The van der Waals surface area contributed by atoms with Crippen LogP contribution in [0.5, 0.6) is 0 Å². The van der Waals surface area contributed by atoms with Gasteiger partial charge in [-0.05, 0) is 23.6 Å². The van der Waals surface area contributed by atoms with Gasteiger partial charge in [0.25, 0.3) is 0 Å². The van der Waals surface area contributed by atoms with Crippen LogP contribution < -0.4 is 29.6 Å². The molecule has 0 saturated heterocycles. The molecule has 0 bridgehead atoms. The molecule has 1 N–H and O–H groups in total. The molecule has 0 aliphatic heterocycles. The second-order valence-corrected chi connectivity index (χ2v) is 4.05. The standard InChI is InChI=1S/C11H13ClO2.Na.H/c1-7(2)10(11(13)14)8-3-5-9(12)6-4-8;;/h3-7,10H,1-2H3,(H,13,14);;/q;+1;-1. The molecule has 1 aromatic rings. The van der Waals surface area contributed by atoms with Gasteiger partial charge in [0.15, 0.2) is 0 Å². The van der Waals surface area contributed by atoms with Crippen molar-refractivity contribution in [2.45, 2.75) is 19.8 Å². The summed E-state index contributed by atoms with van der Waals surface area (Å²) in [6, 6.07) is 6.96. The van der Waals surface area contributed by atoms with Crippen LogP contribution in [0.3, 0.4) is 0 Å². The van der Waals surface area contributed by atoms with Crippen LogP contribution in [0.4, 0.5) is 0 Å². The van der Waals surface area contributed by atoms with E-state index in [0.29, 0.717) is 5.02 Å². The number of carbonyl (C=O) groups is 1. The minimum atomic E-state index is -0.790. The summed E-state index contributed by atoms with van der Waals surface area (Å²) in [6.45, 7) is 3.79. The molecule has 1 rings (SSSR count). The van der Waals surface area contributed by atoms with E-state index < -0.39 is 11.9 Å². The van der Waals surface area contributed by atoms with Crippen LogP contribution in [0, 0.1) is 5.92 Å². The van der Waals surface area contributed by atoms with Gasteiger partial charge in [-0.2, -0.15) is 0 Å². The first-order valence-electron chi connectivity index (χ1n) is 4.50. The van der Waals surface area contributed by atoms with Gasteiger partial charge < -0.3 is 6.53 Å². The number of benzene rings is 1. The normalized spacial score (nSPS) is 12.0. The number of hydrogen-bond acceptors (Lipinski definition) is 1. The van der Waals surface area contributed by atoms with Crippen molar-refractivity contribution in [1.29, 1.82) is 0 Å². The van der Waals surface area contributed by atoms with Gasteiger partial charge in [-0.3, -0.25) is 4.79 Å². The van der Waals surface area contributed by atoms with E-state index in [9.17, 15) is 4.79 Å². The summed E-state index contributed by atoms with van der Waals surface area (Å²) in [5.74, 6) is -1.16. The van der Waals surface area contributed by atoms with Crippen molar-refractivity contribution in [1.82, 2.24) is 0 Å². The van der Waals surface area contributed by atoms with E-state index in [4.69, 9.17) is 16.7 Å². The first-order valence-corrected chi connectivity index (χ1v) is 4.88. The molecule has 15 heavy (non-hydrogen) atoms. The third-order valence-electron chi connectivity index (χ3n) is 2.16. The molecule has 78 valence electrons. The van der Waals surface area contributed by atoms with E-state index in [1.54, 1.807) is 24.3 Å². The van der Waals surface area contributed by atoms with Gasteiger partial charge in [0, 0.05) is 5.02 Å². The van der Waals surface area contributed by atoms with Crippen LogP contribution in [0.1, 0.15) is 26.8 Å². The number of carboxylic acids is 1. The zero-order valence-corrected chi connectivity index (χ0v) is 12.0. The number of halogens is 1. The van der Waals surface area contributed by atoms with Crippen molar-refractivity contribution in [3.8, 4) is 0 Å². The molecular formula is C11H14ClNaO2. The van der Waals surface area contributed by atoms with E-state index in [0.717, 1.165) is 5.56 Å². The first-order chi connectivity index (χ1) is 6.52. The summed E-state index contributed by atoms with van der Waals surface area (Å²) in [5, 5.41) is 9.66. The fraction of sp³-hybridized carbons (Fsp3) is 0.364. The monoisotopic (exact) mass is 236 g/mol. The van der Waals surface area contributed by atoms with Crippen molar-refractivity contribution in [3.05, 3.63) is 34.9 Å². The smallest absolute Gasteiger partial charge is 1.00 e. The Hall–Kier alpha value is -0.0200. The second kappa shape index (κ2) is 6.54. The predicted octanol–water partition coefficient (Wildman–Crippen LogP) is 0.281. The average Bonchev–Trinajstić information content (AvgIpc) is 2.07. The van der Waals surface area contributed by atoms with Gasteiger partial charge in [-0.25, -0.2) is 0 Å². The SMILES string of the molecule is CC(C)C(C(=O)O)c1ccc(Cl)cc1.[H-].[Na+]. The Kier molecular flexibility index (Phi) is 6.53. The summed E-state index contributed by atoms with van der Waals surface area (Å²) in [7, 11) is 0. The molecule has 0 radical (unpaired) electrons. The molecule has 2 nitrogen and oxygen atoms in total. The maximum Gasteiger partial charge on any atom is 1.00 e. The van der Waals surface area contributed by atoms with Gasteiger partial charge in [0.05, 0.1) is 5.92 Å². The Balaban J connectivity index is 0. The topological polar surface area (TPSA) is 37.3 Å². The molecule has 0 aliphatic rings. The average molecular weight is 237 g/mol. The Bertz CT molecular complexity index is 327. The summed E-state index contributed by atoms with van der Waals surface area (Å²) in [5.41, 5.74) is 0.803. The molecule has 0 heterocycles. The number of aliphatic carboxylic acids is 1. The van der Waals surface area contributed by atoms with Crippen LogP contribution in [0.25, 0.3) is 0 Å². The third-order valence-corrected chi connectivity index (χ3v) is 2.41. The van der Waals surface area contributed by atoms with Crippen molar-refractivity contribution >= 4 is 17.6 Å². The van der Waals surface area contributed by atoms with E-state index in [2.05, 4.69) is 0 Å². The molecule has 1 atom stereocenters. The molecule has 0 amide bonds. The molecule has 1 unspecified atom stereocenters. The van der Waals surface area contributed by atoms with Crippen molar-refractivity contribution < 1.29 is 40.9 Å². The molecule has 1 aromatic carbocycles. The Labute approximate surface area is 118 Å². The zero-order chi connectivity index (χ0) is 10.7. The van der Waals surface area contributed by atoms with Crippen LogP contribution in [-0.4, -0.2) is 11.1 Å². The van der Waals surface area contributed by atoms with Crippen LogP contribution in [-0.2, 0) is 4.79 Å². The van der Waals surface area contributed by atoms with Crippen LogP contribution >= 0.6 is 11.6 Å². The van der Waals surface area contributed by atoms with Crippen molar-refractivity contribution in [2.75, 3.05) is 0 Å². The summed E-state index contributed by atoms with van der Waals surface area (Å²) >= 11 is 5.73. The van der Waals surface area contributed by atoms with Gasteiger partial charge >= 0.3 is 35.5 Å². The Morgan fingerprint density at radius 2 is 1.80 bits per heavy atom. The summed E-state index contributed by atoms with van der Waals surface area (Å²) in [6.07, 6.45) is 0. The molecule has 0 spiro atoms. The maximum atomic E-state index is 11.0. The van der Waals surface area contributed by atoms with Crippen molar-refractivity contribution in [2.24, 2.45) is 5.92 Å². The summed E-state index contributed by atoms with van der Waals surface area (Å²) < 4.78 is 0. The van der Waals surface area contributed by atoms with Gasteiger partial charge in [0.2, 0.25) is 0 Å². The molecule has 4 heteroatoms. The molecule has 0 saturated carbocycles. The fourth-order valence-electron chi connectivity index (χ4n) is 1.48. The molecular weight excluding hydrogens is 223 g/mol. The third kappa shape index (κ3) is 4.15.